The molecule has 2 aliphatic heterocycles. The van der Waals surface area contributed by atoms with Crippen molar-refractivity contribution in [3.63, 3.8) is 0 Å². The van der Waals surface area contributed by atoms with E-state index in [1.807, 2.05) is 6.92 Å². The van der Waals surface area contributed by atoms with Crippen LogP contribution in [0, 0.1) is 0 Å². The third kappa shape index (κ3) is 2.51. The average molecular weight is 342 g/mol. The highest BCUT2D eigenvalue weighted by molar-refractivity contribution is 5.93. The Hall–Kier alpha value is -2.97. The molecule has 0 aliphatic carbocycles. The molecular formula is C16H18N6O3. The van der Waals surface area contributed by atoms with Gasteiger partial charge in [-0.1, -0.05) is 13.0 Å². The Morgan fingerprint density at radius 2 is 2.08 bits per heavy atom. The van der Waals surface area contributed by atoms with Gasteiger partial charge in [-0.05, 0) is 18.6 Å². The molecular weight excluding hydrogens is 324 g/mol. The van der Waals surface area contributed by atoms with Crippen LogP contribution in [0.15, 0.2) is 30.9 Å². The number of cyclic esters (lactones) is 1. The lowest BCUT2D eigenvalue weighted by Crippen LogP contribution is -2.62. The summed E-state index contributed by atoms with van der Waals surface area (Å²) in [7, 11) is 0. The Labute approximate surface area is 144 Å². The van der Waals surface area contributed by atoms with Crippen LogP contribution in [0.2, 0.25) is 0 Å². The van der Waals surface area contributed by atoms with Crippen LogP contribution in [0.1, 0.15) is 23.8 Å². The van der Waals surface area contributed by atoms with Gasteiger partial charge in [0.1, 0.15) is 30.8 Å². The number of aromatic nitrogens is 4. The van der Waals surface area contributed by atoms with Crippen molar-refractivity contribution < 1.29 is 14.3 Å². The summed E-state index contributed by atoms with van der Waals surface area (Å²) in [6.07, 6.45) is 3.50. The Kier molecular flexibility index (Phi) is 3.63. The summed E-state index contributed by atoms with van der Waals surface area (Å²) in [6, 6.07) is 5.26. The smallest absolute Gasteiger partial charge is 0.410 e. The van der Waals surface area contributed by atoms with Crippen LogP contribution in [-0.2, 0) is 4.74 Å². The maximum atomic E-state index is 12.9. The number of rotatable bonds is 3. The normalized spacial score (nSPS) is 22.7. The average Bonchev–Trinajstić information content (AvgIpc) is 3.30. The van der Waals surface area contributed by atoms with Crippen molar-refractivity contribution >= 4 is 12.0 Å². The second-order valence-electron chi connectivity index (χ2n) is 6.26. The molecule has 9 heteroatoms. The molecule has 2 fully saturated rings. The predicted octanol–water partition coefficient (Wildman–Crippen LogP) is 0.719. The monoisotopic (exact) mass is 342 g/mol. The number of piperazine rings is 1. The van der Waals surface area contributed by atoms with E-state index in [1.54, 1.807) is 32.6 Å². The molecule has 130 valence electrons. The Bertz CT molecular complexity index is 808. The SMILES string of the molecule is CCC12COC(=O)N1CCN(C(=O)c1cccc(-n3cnnc3)n1)C2. The zero-order valence-corrected chi connectivity index (χ0v) is 13.8. The largest absolute Gasteiger partial charge is 0.447 e. The van der Waals surface area contributed by atoms with Gasteiger partial charge in [-0.3, -0.25) is 14.3 Å². The molecule has 0 saturated carbocycles. The summed E-state index contributed by atoms with van der Waals surface area (Å²) in [4.78, 5) is 32.7. The first-order chi connectivity index (χ1) is 12.1. The van der Waals surface area contributed by atoms with Gasteiger partial charge in [0.15, 0.2) is 0 Å². The molecule has 0 N–H and O–H groups in total. The number of fused-ring (bicyclic) bond motifs is 1. The second-order valence-corrected chi connectivity index (χ2v) is 6.26. The molecule has 0 aromatic carbocycles. The number of pyridine rings is 1. The molecule has 2 amide bonds. The molecule has 9 nitrogen and oxygen atoms in total. The standard InChI is InChI=1S/C16H18N6O3/c1-2-16-8-20(6-7-22(16)15(24)25-9-16)14(23)12-4-3-5-13(19-12)21-10-17-18-11-21/h3-5,10-11H,2,6-9H2,1H3. The zero-order valence-electron chi connectivity index (χ0n) is 13.8. The molecule has 0 bridgehead atoms. The fourth-order valence-electron chi connectivity index (χ4n) is 3.41. The lowest BCUT2D eigenvalue weighted by atomic mass is 9.92. The van der Waals surface area contributed by atoms with Gasteiger partial charge < -0.3 is 9.64 Å². The fourth-order valence-corrected chi connectivity index (χ4v) is 3.41. The van der Waals surface area contributed by atoms with E-state index < -0.39 is 5.54 Å². The van der Waals surface area contributed by atoms with Crippen LogP contribution in [0.25, 0.3) is 5.82 Å². The van der Waals surface area contributed by atoms with Crippen molar-refractivity contribution in [1.29, 1.82) is 0 Å². The number of hydrogen-bond acceptors (Lipinski definition) is 6. The molecule has 1 atom stereocenters. The minimum atomic E-state index is -0.434. The number of ether oxygens (including phenoxy) is 1. The Morgan fingerprint density at radius 3 is 2.84 bits per heavy atom. The number of carbonyl (C=O) groups excluding carboxylic acids is 2. The van der Waals surface area contributed by atoms with Gasteiger partial charge in [0, 0.05) is 19.6 Å². The molecule has 4 heterocycles. The predicted molar refractivity (Wildman–Crippen MR) is 86.1 cm³/mol. The second kappa shape index (κ2) is 5.83. The summed E-state index contributed by atoms with van der Waals surface area (Å²) in [5, 5.41) is 7.51. The summed E-state index contributed by atoms with van der Waals surface area (Å²) < 4.78 is 6.86. The van der Waals surface area contributed by atoms with Gasteiger partial charge >= 0.3 is 6.09 Å². The summed E-state index contributed by atoms with van der Waals surface area (Å²) in [5.41, 5.74) is -0.0761. The van der Waals surface area contributed by atoms with Gasteiger partial charge in [0.2, 0.25) is 0 Å². The van der Waals surface area contributed by atoms with Gasteiger partial charge in [-0.25, -0.2) is 9.78 Å². The molecule has 2 saturated heterocycles. The summed E-state index contributed by atoms with van der Waals surface area (Å²) >= 11 is 0. The van der Waals surface area contributed by atoms with Crippen molar-refractivity contribution in [3.8, 4) is 5.82 Å². The molecule has 0 radical (unpaired) electrons. The molecule has 25 heavy (non-hydrogen) atoms. The van der Waals surface area contributed by atoms with Gasteiger partial charge in [-0.15, -0.1) is 10.2 Å². The Balaban J connectivity index is 1.58. The van der Waals surface area contributed by atoms with E-state index in [0.29, 0.717) is 37.8 Å². The van der Waals surface area contributed by atoms with Crippen LogP contribution in [0.5, 0.6) is 0 Å². The molecule has 2 aromatic heterocycles. The van der Waals surface area contributed by atoms with E-state index in [4.69, 9.17) is 4.74 Å². The maximum absolute atomic E-state index is 12.9. The summed E-state index contributed by atoms with van der Waals surface area (Å²) in [5.74, 6) is 0.431. The molecule has 2 aromatic rings. The first kappa shape index (κ1) is 15.6. The quantitative estimate of drug-likeness (QED) is 0.816. The fraction of sp³-hybridized carbons (Fsp3) is 0.438. The van der Waals surface area contributed by atoms with Crippen LogP contribution in [-0.4, -0.2) is 73.3 Å². The first-order valence-electron chi connectivity index (χ1n) is 8.19. The number of amides is 2. The van der Waals surface area contributed by atoms with E-state index >= 15 is 0 Å². The van der Waals surface area contributed by atoms with E-state index in [0.717, 1.165) is 6.42 Å². The number of carbonyl (C=O) groups is 2. The number of nitrogens with zero attached hydrogens (tertiary/aromatic N) is 6. The molecule has 4 rings (SSSR count). The van der Waals surface area contributed by atoms with Crippen LogP contribution >= 0.6 is 0 Å². The maximum Gasteiger partial charge on any atom is 0.410 e. The molecule has 2 aliphatic rings. The highest BCUT2D eigenvalue weighted by Crippen LogP contribution is 2.32. The van der Waals surface area contributed by atoms with Crippen molar-refractivity contribution in [2.75, 3.05) is 26.2 Å². The highest BCUT2D eigenvalue weighted by atomic mass is 16.6. The third-order valence-corrected chi connectivity index (χ3v) is 4.92. The molecule has 1 unspecified atom stereocenters. The van der Waals surface area contributed by atoms with Crippen LogP contribution in [0.4, 0.5) is 4.79 Å². The zero-order chi connectivity index (χ0) is 17.4. The van der Waals surface area contributed by atoms with E-state index in [-0.39, 0.29) is 12.0 Å². The van der Waals surface area contributed by atoms with Crippen molar-refractivity contribution in [3.05, 3.63) is 36.5 Å². The topological polar surface area (TPSA) is 93.5 Å². The van der Waals surface area contributed by atoms with Gasteiger partial charge in [0.05, 0.1) is 5.54 Å². The molecule has 0 spiro atoms. The minimum absolute atomic E-state index is 0.151. The van der Waals surface area contributed by atoms with Gasteiger partial charge in [0.25, 0.3) is 5.91 Å². The van der Waals surface area contributed by atoms with E-state index in [9.17, 15) is 9.59 Å². The van der Waals surface area contributed by atoms with E-state index in [2.05, 4.69) is 15.2 Å². The number of hydrogen-bond donors (Lipinski definition) is 0. The minimum Gasteiger partial charge on any atom is -0.447 e. The van der Waals surface area contributed by atoms with Gasteiger partial charge in [-0.2, -0.15) is 0 Å². The lowest BCUT2D eigenvalue weighted by Gasteiger charge is -2.44. The van der Waals surface area contributed by atoms with Crippen LogP contribution in [0.3, 0.4) is 0 Å². The third-order valence-electron chi connectivity index (χ3n) is 4.92. The Morgan fingerprint density at radius 1 is 1.28 bits per heavy atom. The van der Waals surface area contributed by atoms with Crippen molar-refractivity contribution in [1.82, 2.24) is 29.5 Å². The van der Waals surface area contributed by atoms with E-state index in [1.165, 1.54) is 12.7 Å². The first-order valence-corrected chi connectivity index (χ1v) is 8.19. The van der Waals surface area contributed by atoms with Crippen molar-refractivity contribution in [2.45, 2.75) is 18.9 Å². The highest BCUT2D eigenvalue weighted by Gasteiger charge is 2.50. The lowest BCUT2D eigenvalue weighted by molar-refractivity contribution is 0.0357. The van der Waals surface area contributed by atoms with Crippen molar-refractivity contribution in [2.24, 2.45) is 0 Å². The summed E-state index contributed by atoms with van der Waals surface area (Å²) in [6.45, 7) is 3.72. The van der Waals surface area contributed by atoms with Crippen LogP contribution < -0.4 is 0 Å².